The first-order valence-electron chi connectivity index (χ1n) is 8.33. The van der Waals surface area contributed by atoms with E-state index in [0.717, 1.165) is 42.8 Å². The molecule has 0 atom stereocenters. The van der Waals surface area contributed by atoms with Gasteiger partial charge >= 0.3 is 29.6 Å². The van der Waals surface area contributed by atoms with Gasteiger partial charge in [-0.05, 0) is 91.7 Å². The summed E-state index contributed by atoms with van der Waals surface area (Å²) < 4.78 is 27.1. The number of carboxylic acids is 1. The Bertz CT molecular complexity index is 927. The monoisotopic (exact) mass is 549 g/mol. The Morgan fingerprint density at radius 3 is 2.37 bits per heavy atom. The van der Waals surface area contributed by atoms with Crippen molar-refractivity contribution in [3.05, 3.63) is 74.4 Å². The molecular formula is C20H19BBr2F2N2NaO2. The van der Waals surface area contributed by atoms with E-state index in [0.29, 0.717) is 8.95 Å². The molecule has 0 fully saturated rings. The molecule has 2 heterocycles. The molecule has 1 aliphatic rings. The van der Waals surface area contributed by atoms with Gasteiger partial charge in [-0.1, -0.05) is 0 Å². The van der Waals surface area contributed by atoms with Crippen LogP contribution in [0.25, 0.3) is 10.8 Å². The first kappa shape index (κ1) is 29.2. The fourth-order valence-corrected chi connectivity index (χ4v) is 3.30. The fraction of sp³-hybridized carbons (Fsp3) is 0.200. The molecular weight excluding hydrogens is 532 g/mol. The Kier molecular flexibility index (Phi) is 13.9. The van der Waals surface area contributed by atoms with Crippen molar-refractivity contribution in [3.63, 3.8) is 0 Å². The zero-order valence-corrected chi connectivity index (χ0v) is 21.7. The molecule has 10 heteroatoms. The van der Waals surface area contributed by atoms with Gasteiger partial charge in [0, 0.05) is 39.7 Å². The molecule has 0 unspecified atom stereocenters. The summed E-state index contributed by atoms with van der Waals surface area (Å²) in [5, 5.41) is 12.5. The van der Waals surface area contributed by atoms with Crippen LogP contribution in [0.15, 0.2) is 51.7 Å². The van der Waals surface area contributed by atoms with E-state index in [4.69, 9.17) is 9.90 Å². The predicted octanol–water partition coefficient (Wildman–Crippen LogP) is 2.20. The van der Waals surface area contributed by atoms with Gasteiger partial charge in [0.2, 0.25) is 0 Å². The number of hydrogen-bond donors (Lipinski definition) is 2. The number of carboxylic acid groups (broad SMARTS) is 1. The van der Waals surface area contributed by atoms with Gasteiger partial charge in [-0.3, -0.25) is 9.78 Å². The third kappa shape index (κ3) is 9.12. The van der Waals surface area contributed by atoms with Gasteiger partial charge in [0.05, 0.1) is 8.95 Å². The topological polar surface area (TPSA) is 62.2 Å². The van der Waals surface area contributed by atoms with Crippen molar-refractivity contribution in [2.45, 2.75) is 19.9 Å². The predicted molar refractivity (Wildman–Crippen MR) is 119 cm³/mol. The third-order valence-electron chi connectivity index (χ3n) is 3.81. The molecule has 3 radical (unpaired) electrons. The standard InChI is InChI=1S/C9H9BrFN.C9H5BrFN.C2H4O2.B.Na.H/c2*10-8-3-7-5-12-2-1-6(7)4-9(8)11;1-2(3)4;;;/h3-4,12H,1-2,5H2;1-5H;1H3,(H,3,4);;;/q;;;;+1;-1. The molecule has 0 saturated heterocycles. The second-order valence-electron chi connectivity index (χ2n) is 5.97. The Morgan fingerprint density at radius 1 is 1.10 bits per heavy atom. The molecule has 4 nitrogen and oxygen atoms in total. The van der Waals surface area contributed by atoms with Crippen LogP contribution in [0.1, 0.15) is 19.5 Å². The van der Waals surface area contributed by atoms with Crippen molar-refractivity contribution in [1.82, 2.24) is 10.3 Å². The minimum Gasteiger partial charge on any atom is -1.00 e. The summed E-state index contributed by atoms with van der Waals surface area (Å²) >= 11 is 6.29. The van der Waals surface area contributed by atoms with Crippen molar-refractivity contribution in [1.29, 1.82) is 0 Å². The fourth-order valence-electron chi connectivity index (χ4n) is 2.55. The molecule has 1 aromatic heterocycles. The average Bonchev–Trinajstić information content (AvgIpc) is 2.64. The maximum Gasteiger partial charge on any atom is 1.00 e. The van der Waals surface area contributed by atoms with Crippen LogP contribution in [-0.4, -0.2) is 31.0 Å². The molecule has 0 saturated carbocycles. The Hall–Kier alpha value is -0.835. The Balaban J connectivity index is 0. The summed E-state index contributed by atoms with van der Waals surface area (Å²) in [6.07, 6.45) is 4.29. The van der Waals surface area contributed by atoms with Crippen LogP contribution in [0.3, 0.4) is 0 Å². The average molecular weight is 551 g/mol. The molecule has 4 rings (SSSR count). The number of halogens is 4. The molecule has 2 N–H and O–H groups in total. The molecule has 30 heavy (non-hydrogen) atoms. The number of hydrogen-bond acceptors (Lipinski definition) is 3. The molecule has 1 aliphatic heterocycles. The number of aliphatic carboxylic acids is 1. The van der Waals surface area contributed by atoms with E-state index in [9.17, 15) is 8.78 Å². The van der Waals surface area contributed by atoms with E-state index >= 15 is 0 Å². The number of carbonyl (C=O) groups is 1. The summed E-state index contributed by atoms with van der Waals surface area (Å²) in [6.45, 7) is 2.89. The quantitative estimate of drug-likeness (QED) is 0.422. The van der Waals surface area contributed by atoms with Crippen LogP contribution in [0.2, 0.25) is 0 Å². The van der Waals surface area contributed by atoms with Gasteiger partial charge < -0.3 is 11.8 Å². The Morgan fingerprint density at radius 2 is 1.70 bits per heavy atom. The van der Waals surface area contributed by atoms with Crippen molar-refractivity contribution in [3.8, 4) is 0 Å². The van der Waals surface area contributed by atoms with Crippen LogP contribution in [0.4, 0.5) is 8.78 Å². The number of rotatable bonds is 0. The summed E-state index contributed by atoms with van der Waals surface area (Å²) in [7, 11) is 0. The van der Waals surface area contributed by atoms with Crippen molar-refractivity contribution >= 4 is 57.0 Å². The van der Waals surface area contributed by atoms with Crippen LogP contribution in [0.5, 0.6) is 0 Å². The van der Waals surface area contributed by atoms with Crippen molar-refractivity contribution in [2.75, 3.05) is 6.54 Å². The normalized spacial score (nSPS) is 11.4. The van der Waals surface area contributed by atoms with Gasteiger partial charge in [-0.15, -0.1) is 0 Å². The number of nitrogens with one attached hydrogen (secondary N) is 1. The molecule has 0 spiro atoms. The van der Waals surface area contributed by atoms with Crippen molar-refractivity contribution in [2.24, 2.45) is 0 Å². The van der Waals surface area contributed by atoms with E-state index in [1.807, 2.05) is 6.07 Å². The number of benzene rings is 2. The summed E-state index contributed by atoms with van der Waals surface area (Å²) in [4.78, 5) is 12.9. The zero-order valence-electron chi connectivity index (χ0n) is 17.6. The van der Waals surface area contributed by atoms with Gasteiger partial charge in [-0.2, -0.15) is 0 Å². The van der Waals surface area contributed by atoms with Crippen LogP contribution in [0, 0.1) is 11.6 Å². The molecule has 0 bridgehead atoms. The summed E-state index contributed by atoms with van der Waals surface area (Å²) in [5.41, 5.74) is 2.34. The van der Waals surface area contributed by atoms with Crippen LogP contribution < -0.4 is 34.9 Å². The molecule has 3 aromatic rings. The van der Waals surface area contributed by atoms with Crippen LogP contribution in [-0.2, 0) is 17.8 Å². The summed E-state index contributed by atoms with van der Waals surface area (Å²) in [6, 6.07) is 8.47. The number of pyridine rings is 1. The molecule has 2 aromatic carbocycles. The minimum atomic E-state index is -0.833. The van der Waals surface area contributed by atoms with Crippen molar-refractivity contribution < 1.29 is 49.7 Å². The summed E-state index contributed by atoms with van der Waals surface area (Å²) in [5.74, 6) is -1.23. The molecule has 0 amide bonds. The number of nitrogens with zero attached hydrogens (tertiary/aromatic N) is 1. The Labute approximate surface area is 216 Å². The minimum absolute atomic E-state index is 0. The maximum atomic E-state index is 13.0. The third-order valence-corrected chi connectivity index (χ3v) is 5.02. The SMILES string of the molecule is CC(=O)O.Fc1cc2c(cc1Br)CNCC2.Fc1cc2ccncc2cc1Br.[B].[H-].[Na+]. The smallest absolute Gasteiger partial charge is 1.00 e. The van der Waals surface area contributed by atoms with E-state index in [1.54, 1.807) is 30.6 Å². The van der Waals surface area contributed by atoms with E-state index in [1.165, 1.54) is 11.6 Å². The number of aromatic nitrogens is 1. The van der Waals surface area contributed by atoms with E-state index in [2.05, 4.69) is 42.2 Å². The molecule has 153 valence electrons. The molecule has 0 aliphatic carbocycles. The maximum absolute atomic E-state index is 13.0. The first-order chi connectivity index (χ1) is 13.3. The zero-order chi connectivity index (χ0) is 20.7. The van der Waals surface area contributed by atoms with Gasteiger partial charge in [-0.25, -0.2) is 8.78 Å². The van der Waals surface area contributed by atoms with Gasteiger partial charge in [0.15, 0.2) is 0 Å². The first-order valence-corrected chi connectivity index (χ1v) is 9.92. The second-order valence-corrected chi connectivity index (χ2v) is 7.68. The van der Waals surface area contributed by atoms with Gasteiger partial charge in [0.25, 0.3) is 5.97 Å². The second kappa shape index (κ2) is 14.3. The number of fused-ring (bicyclic) bond motifs is 2. The van der Waals surface area contributed by atoms with E-state index < -0.39 is 5.97 Å². The van der Waals surface area contributed by atoms with E-state index in [-0.39, 0.29) is 51.0 Å². The van der Waals surface area contributed by atoms with Gasteiger partial charge in [0.1, 0.15) is 11.6 Å². The largest absolute Gasteiger partial charge is 1.00 e. The van der Waals surface area contributed by atoms with Crippen LogP contribution >= 0.6 is 31.9 Å².